The molecule has 1 aromatic carbocycles. The van der Waals surface area contributed by atoms with Crippen molar-refractivity contribution >= 4 is 29.5 Å². The second-order valence-corrected chi connectivity index (χ2v) is 7.76. The van der Waals surface area contributed by atoms with Crippen LogP contribution in [-0.2, 0) is 20.7 Å². The zero-order valence-corrected chi connectivity index (χ0v) is 16.1. The number of rotatable bonds is 3. The highest BCUT2D eigenvalue weighted by molar-refractivity contribution is 5.97. The van der Waals surface area contributed by atoms with Gasteiger partial charge in [-0.1, -0.05) is 0 Å². The number of cyclic esters (lactones) is 1. The van der Waals surface area contributed by atoms with Crippen molar-refractivity contribution in [3.8, 4) is 0 Å². The molecule has 1 N–H and O–H groups in total. The Kier molecular flexibility index (Phi) is 4.99. The van der Waals surface area contributed by atoms with Crippen LogP contribution in [0.1, 0.15) is 32.8 Å². The minimum atomic E-state index is -0.583. The lowest BCUT2D eigenvalue weighted by molar-refractivity contribution is -0.118. The van der Waals surface area contributed by atoms with Crippen LogP contribution in [0.5, 0.6) is 0 Å². The van der Waals surface area contributed by atoms with Gasteiger partial charge in [0.2, 0.25) is 5.91 Å². The quantitative estimate of drug-likeness (QED) is 0.877. The molecule has 0 spiro atoms. The summed E-state index contributed by atoms with van der Waals surface area (Å²) in [6.45, 7) is 5.86. The second kappa shape index (κ2) is 7.09. The van der Waals surface area contributed by atoms with Crippen molar-refractivity contribution in [3.63, 3.8) is 0 Å². The van der Waals surface area contributed by atoms with Gasteiger partial charge in [0.1, 0.15) is 11.7 Å². The molecule has 3 amide bonds. The van der Waals surface area contributed by atoms with Crippen LogP contribution in [0.4, 0.5) is 21.0 Å². The van der Waals surface area contributed by atoms with Crippen molar-refractivity contribution < 1.29 is 23.9 Å². The fourth-order valence-electron chi connectivity index (χ4n) is 3.16. The average Bonchev–Trinajstić information content (AvgIpc) is 2.95. The number of hydrogen-bond donors (Lipinski definition) is 1. The number of ether oxygens (including phenoxy) is 2. The van der Waals surface area contributed by atoms with Crippen LogP contribution < -0.4 is 15.1 Å². The topological polar surface area (TPSA) is 88.2 Å². The van der Waals surface area contributed by atoms with Gasteiger partial charge in [-0.05, 0) is 51.0 Å². The number of fused-ring (bicyclic) bond motifs is 1. The van der Waals surface area contributed by atoms with Crippen LogP contribution >= 0.6 is 0 Å². The van der Waals surface area contributed by atoms with E-state index in [9.17, 15) is 14.4 Å². The molecule has 1 atom stereocenters. The van der Waals surface area contributed by atoms with Gasteiger partial charge < -0.3 is 19.7 Å². The van der Waals surface area contributed by atoms with Crippen LogP contribution in [0.25, 0.3) is 0 Å². The lowest BCUT2D eigenvalue weighted by Gasteiger charge is -2.27. The molecule has 1 unspecified atom stereocenters. The molecular weight excluding hydrogens is 350 g/mol. The molecule has 146 valence electrons. The molecule has 1 fully saturated rings. The third kappa shape index (κ3) is 4.32. The Hall–Kier alpha value is -2.77. The zero-order chi connectivity index (χ0) is 19.8. The number of nitrogens with zero attached hydrogens (tertiary/aromatic N) is 2. The van der Waals surface area contributed by atoms with Crippen LogP contribution in [-0.4, -0.2) is 49.9 Å². The first-order valence-corrected chi connectivity index (χ1v) is 8.98. The van der Waals surface area contributed by atoms with E-state index in [0.717, 1.165) is 16.9 Å². The summed E-state index contributed by atoms with van der Waals surface area (Å²) < 4.78 is 10.5. The molecule has 0 radical (unpaired) electrons. The summed E-state index contributed by atoms with van der Waals surface area (Å²) in [5.74, 6) is 0.0871. The first kappa shape index (κ1) is 19.0. The van der Waals surface area contributed by atoms with Crippen molar-refractivity contribution in [1.29, 1.82) is 0 Å². The number of carbonyl (C=O) groups is 3. The fourth-order valence-corrected chi connectivity index (χ4v) is 3.16. The van der Waals surface area contributed by atoms with E-state index in [0.29, 0.717) is 19.4 Å². The fraction of sp³-hybridized carbons (Fsp3) is 0.526. The van der Waals surface area contributed by atoms with Crippen LogP contribution in [0, 0.1) is 0 Å². The van der Waals surface area contributed by atoms with Gasteiger partial charge in [0.25, 0.3) is 0 Å². The molecule has 3 rings (SSSR count). The number of hydrogen-bond acceptors (Lipinski definition) is 5. The summed E-state index contributed by atoms with van der Waals surface area (Å²) in [7, 11) is 1.75. The standard InChI is InChI=1S/C19H25N3O5/c1-19(2,3)27-17(24)20-10-14-11-22(18(25)26-14)13-6-7-15-12(9-13)5-8-16(23)21(15)4/h6-7,9,14H,5,8,10-11H2,1-4H3,(H,20,24). The van der Waals surface area contributed by atoms with Gasteiger partial charge in [-0.25, -0.2) is 9.59 Å². The van der Waals surface area contributed by atoms with Crippen molar-refractivity contribution in [2.75, 3.05) is 29.9 Å². The van der Waals surface area contributed by atoms with E-state index in [1.807, 2.05) is 12.1 Å². The normalized spacial score (nSPS) is 19.6. The monoisotopic (exact) mass is 375 g/mol. The maximum absolute atomic E-state index is 12.2. The molecular formula is C19H25N3O5. The van der Waals surface area contributed by atoms with E-state index in [2.05, 4.69) is 5.32 Å². The predicted octanol–water partition coefficient (Wildman–Crippen LogP) is 2.45. The van der Waals surface area contributed by atoms with Crippen molar-refractivity contribution in [2.45, 2.75) is 45.3 Å². The summed E-state index contributed by atoms with van der Waals surface area (Å²) in [6, 6.07) is 5.57. The number of anilines is 2. The van der Waals surface area contributed by atoms with Crippen molar-refractivity contribution in [2.24, 2.45) is 0 Å². The number of nitrogens with one attached hydrogen (secondary N) is 1. The third-order valence-corrected chi connectivity index (χ3v) is 4.47. The highest BCUT2D eigenvalue weighted by Crippen LogP contribution is 2.32. The molecule has 0 saturated carbocycles. The lowest BCUT2D eigenvalue weighted by Crippen LogP contribution is -2.38. The van der Waals surface area contributed by atoms with E-state index in [-0.39, 0.29) is 12.5 Å². The lowest BCUT2D eigenvalue weighted by atomic mass is 10.0. The number of alkyl carbamates (subject to hydrolysis) is 1. The van der Waals surface area contributed by atoms with E-state index in [4.69, 9.17) is 9.47 Å². The second-order valence-electron chi connectivity index (χ2n) is 7.76. The van der Waals surface area contributed by atoms with Crippen LogP contribution in [0.15, 0.2) is 18.2 Å². The summed E-state index contributed by atoms with van der Waals surface area (Å²) >= 11 is 0. The van der Waals surface area contributed by atoms with E-state index < -0.39 is 23.9 Å². The Bertz CT molecular complexity index is 771. The van der Waals surface area contributed by atoms with Gasteiger partial charge in [0, 0.05) is 24.8 Å². The van der Waals surface area contributed by atoms with Gasteiger partial charge in [-0.2, -0.15) is 0 Å². The molecule has 0 bridgehead atoms. The Morgan fingerprint density at radius 3 is 2.74 bits per heavy atom. The summed E-state index contributed by atoms with van der Waals surface area (Å²) in [6.07, 6.45) is -0.339. The molecule has 1 saturated heterocycles. The highest BCUT2D eigenvalue weighted by Gasteiger charge is 2.33. The van der Waals surface area contributed by atoms with Gasteiger partial charge in [-0.15, -0.1) is 0 Å². The zero-order valence-electron chi connectivity index (χ0n) is 16.1. The summed E-state index contributed by atoms with van der Waals surface area (Å²) in [4.78, 5) is 39.0. The Balaban J connectivity index is 1.63. The minimum Gasteiger partial charge on any atom is -0.444 e. The number of benzene rings is 1. The molecule has 0 aromatic heterocycles. The first-order chi connectivity index (χ1) is 12.6. The number of amides is 3. The smallest absolute Gasteiger partial charge is 0.414 e. The molecule has 2 aliphatic heterocycles. The van der Waals surface area contributed by atoms with Crippen molar-refractivity contribution in [1.82, 2.24) is 5.32 Å². The first-order valence-electron chi connectivity index (χ1n) is 8.98. The SMILES string of the molecule is CN1C(=O)CCc2cc(N3CC(CNC(=O)OC(C)(C)C)OC3=O)ccc21. The number of carbonyl (C=O) groups excluding carboxylic acids is 3. The molecule has 8 nitrogen and oxygen atoms in total. The van der Waals surface area contributed by atoms with E-state index >= 15 is 0 Å². The molecule has 8 heteroatoms. The highest BCUT2D eigenvalue weighted by atomic mass is 16.6. The average molecular weight is 375 g/mol. The predicted molar refractivity (Wildman–Crippen MR) is 100 cm³/mol. The maximum atomic E-state index is 12.2. The molecule has 1 aromatic rings. The van der Waals surface area contributed by atoms with Gasteiger partial charge >= 0.3 is 12.2 Å². The van der Waals surface area contributed by atoms with Crippen LogP contribution in [0.3, 0.4) is 0 Å². The Morgan fingerprint density at radius 2 is 2.04 bits per heavy atom. The van der Waals surface area contributed by atoms with Crippen molar-refractivity contribution in [3.05, 3.63) is 23.8 Å². The van der Waals surface area contributed by atoms with E-state index in [1.165, 1.54) is 4.90 Å². The summed E-state index contributed by atoms with van der Waals surface area (Å²) in [5, 5.41) is 2.63. The van der Waals surface area contributed by atoms with Gasteiger partial charge in [-0.3, -0.25) is 9.69 Å². The molecule has 0 aliphatic carbocycles. The maximum Gasteiger partial charge on any atom is 0.414 e. The number of aryl methyl sites for hydroxylation is 1. The van der Waals surface area contributed by atoms with Crippen LogP contribution in [0.2, 0.25) is 0 Å². The molecule has 27 heavy (non-hydrogen) atoms. The van der Waals surface area contributed by atoms with Gasteiger partial charge in [0.15, 0.2) is 0 Å². The minimum absolute atomic E-state index is 0.0871. The van der Waals surface area contributed by atoms with Gasteiger partial charge in [0.05, 0.1) is 13.1 Å². The molecule has 2 aliphatic rings. The Morgan fingerprint density at radius 1 is 1.30 bits per heavy atom. The largest absolute Gasteiger partial charge is 0.444 e. The Labute approximate surface area is 158 Å². The molecule has 2 heterocycles. The summed E-state index contributed by atoms with van der Waals surface area (Å²) in [5.41, 5.74) is 2.03. The van der Waals surface area contributed by atoms with E-state index in [1.54, 1.807) is 38.8 Å². The third-order valence-electron chi connectivity index (χ3n) is 4.47.